The SMILES string of the molecule is S=C1NCNc2[nH]c(=S)ncc21. The van der Waals surface area contributed by atoms with E-state index >= 15 is 0 Å². The van der Waals surface area contributed by atoms with Gasteiger partial charge in [0.2, 0.25) is 0 Å². The van der Waals surface area contributed by atoms with E-state index < -0.39 is 0 Å². The molecule has 0 amide bonds. The smallest absolute Gasteiger partial charge is 0.198 e. The molecule has 1 aliphatic heterocycles. The van der Waals surface area contributed by atoms with Crippen LogP contribution in [0.2, 0.25) is 0 Å². The minimum atomic E-state index is 0.464. The summed E-state index contributed by atoms with van der Waals surface area (Å²) in [4.78, 5) is 7.55. The van der Waals surface area contributed by atoms with Crippen molar-refractivity contribution in [3.05, 3.63) is 16.5 Å². The summed E-state index contributed by atoms with van der Waals surface area (Å²) < 4.78 is 0.464. The molecular formula is C6H6N4S2. The maximum absolute atomic E-state index is 5.06. The Hall–Kier alpha value is -1.01. The molecule has 0 unspecified atom stereocenters. The molecular weight excluding hydrogens is 192 g/mol. The molecule has 1 aromatic rings. The molecule has 2 heterocycles. The maximum atomic E-state index is 5.06. The minimum absolute atomic E-state index is 0.464. The lowest BCUT2D eigenvalue weighted by atomic mass is 10.3. The van der Waals surface area contributed by atoms with Crippen molar-refractivity contribution < 1.29 is 0 Å². The van der Waals surface area contributed by atoms with Gasteiger partial charge < -0.3 is 15.6 Å². The topological polar surface area (TPSA) is 52.7 Å². The van der Waals surface area contributed by atoms with E-state index in [0.29, 0.717) is 16.4 Å². The van der Waals surface area contributed by atoms with E-state index in [1.807, 2.05) is 0 Å². The van der Waals surface area contributed by atoms with Crippen molar-refractivity contribution in [3.8, 4) is 0 Å². The Labute approximate surface area is 79.4 Å². The zero-order chi connectivity index (χ0) is 8.55. The highest BCUT2D eigenvalue weighted by Gasteiger charge is 2.12. The second-order valence-corrected chi connectivity index (χ2v) is 3.13. The van der Waals surface area contributed by atoms with E-state index in [-0.39, 0.29) is 0 Å². The van der Waals surface area contributed by atoms with Gasteiger partial charge in [0.1, 0.15) is 10.8 Å². The molecule has 2 rings (SSSR count). The average Bonchev–Trinajstić information content (AvgIpc) is 2.04. The van der Waals surface area contributed by atoms with Crippen LogP contribution in [0.4, 0.5) is 5.82 Å². The predicted octanol–water partition coefficient (Wildman–Crippen LogP) is 0.787. The standard InChI is InChI=1S/C6H6N4S2/c11-5-3-1-7-6(12)10-4(3)8-2-9-5/h1H,2H2,(H,9,11)(H2,7,8,10,12). The molecule has 4 nitrogen and oxygen atoms in total. The number of nitrogens with one attached hydrogen (secondary N) is 3. The van der Waals surface area contributed by atoms with Crippen molar-refractivity contribution in [3.63, 3.8) is 0 Å². The highest BCUT2D eigenvalue weighted by atomic mass is 32.1. The van der Waals surface area contributed by atoms with Crippen LogP contribution in [0.15, 0.2) is 6.20 Å². The summed E-state index contributed by atoms with van der Waals surface area (Å²) in [6, 6.07) is 0. The first-order chi connectivity index (χ1) is 5.77. The number of H-pyrrole nitrogens is 1. The normalized spacial score (nSPS) is 14.5. The Morgan fingerprint density at radius 2 is 2.17 bits per heavy atom. The van der Waals surface area contributed by atoms with E-state index in [4.69, 9.17) is 24.4 Å². The highest BCUT2D eigenvalue weighted by Crippen LogP contribution is 2.13. The molecule has 0 aliphatic carbocycles. The zero-order valence-corrected chi connectivity index (χ0v) is 7.68. The molecule has 12 heavy (non-hydrogen) atoms. The van der Waals surface area contributed by atoms with Gasteiger partial charge in [0.25, 0.3) is 0 Å². The number of anilines is 1. The van der Waals surface area contributed by atoms with Crippen molar-refractivity contribution in [2.24, 2.45) is 0 Å². The average molecular weight is 198 g/mol. The first kappa shape index (κ1) is 7.63. The molecule has 0 aromatic carbocycles. The lowest BCUT2D eigenvalue weighted by Crippen LogP contribution is -2.34. The van der Waals surface area contributed by atoms with Crippen molar-refractivity contribution in [2.45, 2.75) is 0 Å². The summed E-state index contributed by atoms with van der Waals surface area (Å²) in [6.07, 6.45) is 1.66. The van der Waals surface area contributed by atoms with Crippen LogP contribution in [0, 0.1) is 4.77 Å². The third kappa shape index (κ3) is 1.19. The molecule has 0 atom stereocenters. The summed E-state index contributed by atoms with van der Waals surface area (Å²) in [7, 11) is 0. The van der Waals surface area contributed by atoms with E-state index in [1.165, 1.54) is 0 Å². The van der Waals surface area contributed by atoms with Crippen LogP contribution in [0.25, 0.3) is 0 Å². The van der Waals surface area contributed by atoms with Gasteiger partial charge in [0, 0.05) is 6.20 Å². The molecule has 0 radical (unpaired) electrons. The fraction of sp³-hybridized carbons (Fsp3) is 0.167. The van der Waals surface area contributed by atoms with Crippen LogP contribution < -0.4 is 10.6 Å². The number of aromatic nitrogens is 2. The predicted molar refractivity (Wildman–Crippen MR) is 52.7 cm³/mol. The summed E-state index contributed by atoms with van der Waals surface area (Å²) >= 11 is 9.92. The monoisotopic (exact) mass is 198 g/mol. The molecule has 1 aliphatic rings. The summed E-state index contributed by atoms with van der Waals surface area (Å²) in [5, 5.41) is 6.06. The molecule has 62 valence electrons. The molecule has 1 aromatic heterocycles. The largest absolute Gasteiger partial charge is 0.358 e. The second-order valence-electron chi connectivity index (χ2n) is 2.34. The van der Waals surface area contributed by atoms with Gasteiger partial charge in [0.05, 0.1) is 12.2 Å². The van der Waals surface area contributed by atoms with Gasteiger partial charge in [-0.05, 0) is 12.2 Å². The third-order valence-corrected chi connectivity index (χ3v) is 2.14. The third-order valence-electron chi connectivity index (χ3n) is 1.57. The molecule has 6 heteroatoms. The second kappa shape index (κ2) is 2.80. The fourth-order valence-corrected chi connectivity index (χ4v) is 1.40. The maximum Gasteiger partial charge on any atom is 0.198 e. The highest BCUT2D eigenvalue weighted by molar-refractivity contribution is 7.80. The van der Waals surface area contributed by atoms with Crippen LogP contribution >= 0.6 is 24.4 Å². The van der Waals surface area contributed by atoms with Crippen molar-refractivity contribution in [1.29, 1.82) is 0 Å². The van der Waals surface area contributed by atoms with Crippen LogP contribution in [0.3, 0.4) is 0 Å². The molecule has 0 spiro atoms. The van der Waals surface area contributed by atoms with Gasteiger partial charge in [-0.25, -0.2) is 4.98 Å². The molecule has 0 bridgehead atoms. The van der Waals surface area contributed by atoms with Crippen molar-refractivity contribution in [1.82, 2.24) is 15.3 Å². The van der Waals surface area contributed by atoms with E-state index in [0.717, 1.165) is 11.4 Å². The molecule has 0 saturated carbocycles. The first-order valence-electron chi connectivity index (χ1n) is 3.39. The molecule has 0 fully saturated rings. The van der Waals surface area contributed by atoms with Gasteiger partial charge in [-0.3, -0.25) is 0 Å². The number of hydrogen-bond donors (Lipinski definition) is 3. The van der Waals surface area contributed by atoms with Crippen LogP contribution in [-0.4, -0.2) is 21.6 Å². The van der Waals surface area contributed by atoms with E-state index in [1.54, 1.807) is 6.20 Å². The molecule has 0 saturated heterocycles. The first-order valence-corrected chi connectivity index (χ1v) is 4.20. The number of hydrogen-bond acceptors (Lipinski definition) is 4. The number of aromatic amines is 1. The number of thiocarbonyl (C=S) groups is 1. The number of fused-ring (bicyclic) bond motifs is 1. The van der Waals surface area contributed by atoms with Gasteiger partial charge in [-0.2, -0.15) is 0 Å². The van der Waals surface area contributed by atoms with Crippen molar-refractivity contribution >= 4 is 35.2 Å². The van der Waals surface area contributed by atoms with Crippen LogP contribution in [-0.2, 0) is 0 Å². The summed E-state index contributed by atoms with van der Waals surface area (Å²) in [5.41, 5.74) is 0.866. The Balaban J connectivity index is 2.60. The Morgan fingerprint density at radius 1 is 1.33 bits per heavy atom. The fourth-order valence-electron chi connectivity index (χ4n) is 1.01. The minimum Gasteiger partial charge on any atom is -0.358 e. The summed E-state index contributed by atoms with van der Waals surface area (Å²) in [6.45, 7) is 0.626. The Kier molecular flexibility index (Phi) is 1.78. The Bertz CT molecular complexity index is 383. The lowest BCUT2D eigenvalue weighted by molar-refractivity contribution is 0.941. The van der Waals surface area contributed by atoms with Gasteiger partial charge >= 0.3 is 0 Å². The Morgan fingerprint density at radius 3 is 3.00 bits per heavy atom. The zero-order valence-electron chi connectivity index (χ0n) is 6.05. The van der Waals surface area contributed by atoms with Crippen LogP contribution in [0.5, 0.6) is 0 Å². The van der Waals surface area contributed by atoms with Crippen molar-refractivity contribution in [2.75, 3.05) is 12.0 Å². The van der Waals surface area contributed by atoms with Gasteiger partial charge in [0.15, 0.2) is 4.77 Å². The van der Waals surface area contributed by atoms with Gasteiger partial charge in [-0.15, -0.1) is 0 Å². The quantitative estimate of drug-likeness (QED) is 0.538. The number of rotatable bonds is 0. The van der Waals surface area contributed by atoms with Crippen LogP contribution in [0.1, 0.15) is 5.56 Å². The lowest BCUT2D eigenvalue weighted by Gasteiger charge is -2.19. The van der Waals surface area contributed by atoms with E-state index in [9.17, 15) is 0 Å². The van der Waals surface area contributed by atoms with Gasteiger partial charge in [-0.1, -0.05) is 12.2 Å². The number of nitrogens with zero attached hydrogens (tertiary/aromatic N) is 1. The van der Waals surface area contributed by atoms with E-state index in [2.05, 4.69) is 20.6 Å². The summed E-state index contributed by atoms with van der Waals surface area (Å²) in [5.74, 6) is 0.846. The molecule has 3 N–H and O–H groups in total.